The molecule has 0 fully saturated rings. The molecular weight excluding hydrogens is 338 g/mol. The molecule has 0 saturated heterocycles. The van der Waals surface area contributed by atoms with E-state index in [0.29, 0.717) is 17.9 Å². The van der Waals surface area contributed by atoms with E-state index in [0.717, 1.165) is 24.3 Å². The monoisotopic (exact) mass is 356 g/mol. The minimum absolute atomic E-state index is 0.199. The number of sulfone groups is 1. The molecule has 24 heavy (non-hydrogen) atoms. The molecule has 0 aliphatic carbocycles. The minimum atomic E-state index is -4.56. The molecule has 0 amide bonds. The van der Waals surface area contributed by atoms with Crippen molar-refractivity contribution >= 4 is 9.84 Å². The number of hydrogen-bond acceptors (Lipinski definition) is 4. The Hall–Kier alpha value is -2.15. The van der Waals surface area contributed by atoms with Gasteiger partial charge in [0.1, 0.15) is 18.1 Å². The van der Waals surface area contributed by atoms with Crippen molar-refractivity contribution in [3.8, 4) is 11.5 Å². The number of ether oxygens (including phenoxy) is 2. The van der Waals surface area contributed by atoms with Gasteiger partial charge in [-0.1, -0.05) is 19.1 Å². The molecule has 0 aliphatic heterocycles. The van der Waals surface area contributed by atoms with Crippen LogP contribution in [-0.4, -0.2) is 20.8 Å². The highest BCUT2D eigenvalue weighted by atomic mass is 32.2. The molecule has 0 unspecified atom stereocenters. The van der Waals surface area contributed by atoms with Crippen LogP contribution in [-0.2, 0) is 16.4 Å². The first-order valence-corrected chi connectivity index (χ1v) is 8.94. The van der Waals surface area contributed by atoms with E-state index in [1.807, 2.05) is 6.92 Å². The third-order valence-electron chi connectivity index (χ3n) is 3.19. The average Bonchev–Trinajstić information content (AvgIpc) is 2.59. The first-order valence-electron chi connectivity index (χ1n) is 7.40. The second kappa shape index (κ2) is 8.10. The zero-order chi connectivity index (χ0) is 17.6. The van der Waals surface area contributed by atoms with E-state index < -0.39 is 20.5 Å². The van der Waals surface area contributed by atoms with E-state index in [2.05, 4.69) is 0 Å². The molecular formula is C17H18F2O4S. The molecule has 7 heteroatoms. The van der Waals surface area contributed by atoms with Gasteiger partial charge in [0, 0.05) is 0 Å². The molecule has 0 radical (unpaired) electrons. The molecule has 0 N–H and O–H groups in total. The summed E-state index contributed by atoms with van der Waals surface area (Å²) in [5, 5.41) is 0. The highest BCUT2D eigenvalue weighted by Gasteiger charge is 2.26. The van der Waals surface area contributed by atoms with Crippen LogP contribution in [0.1, 0.15) is 18.9 Å². The summed E-state index contributed by atoms with van der Waals surface area (Å²) in [5.74, 6) is -2.04. The van der Waals surface area contributed by atoms with Gasteiger partial charge in [-0.25, -0.2) is 8.42 Å². The minimum Gasteiger partial charge on any atom is -0.494 e. The van der Waals surface area contributed by atoms with Crippen LogP contribution in [0.25, 0.3) is 0 Å². The van der Waals surface area contributed by atoms with Gasteiger partial charge in [0.2, 0.25) is 9.84 Å². The second-order valence-electron chi connectivity index (χ2n) is 5.06. The van der Waals surface area contributed by atoms with E-state index in [9.17, 15) is 17.2 Å². The summed E-state index contributed by atoms with van der Waals surface area (Å²) >= 11 is 0. The summed E-state index contributed by atoms with van der Waals surface area (Å²) in [7, 11) is -4.56. The van der Waals surface area contributed by atoms with Gasteiger partial charge in [-0.2, -0.15) is 8.78 Å². The lowest BCUT2D eigenvalue weighted by Gasteiger charge is -2.09. The lowest BCUT2D eigenvalue weighted by molar-refractivity contribution is 0.234. The van der Waals surface area contributed by atoms with Gasteiger partial charge in [-0.15, -0.1) is 0 Å². The van der Waals surface area contributed by atoms with Crippen LogP contribution in [0.3, 0.4) is 0 Å². The lowest BCUT2D eigenvalue weighted by Crippen LogP contribution is -2.11. The maximum atomic E-state index is 12.5. The molecule has 0 aromatic heterocycles. The van der Waals surface area contributed by atoms with Crippen LogP contribution in [0.15, 0.2) is 53.4 Å². The largest absolute Gasteiger partial charge is 0.494 e. The fourth-order valence-electron chi connectivity index (χ4n) is 1.90. The van der Waals surface area contributed by atoms with Crippen LogP contribution >= 0.6 is 0 Å². The van der Waals surface area contributed by atoms with Crippen molar-refractivity contribution < 1.29 is 26.7 Å². The Balaban J connectivity index is 1.95. The van der Waals surface area contributed by atoms with E-state index in [1.54, 1.807) is 24.3 Å². The maximum Gasteiger partial charge on any atom is 0.341 e. The summed E-state index contributed by atoms with van der Waals surface area (Å²) in [6, 6.07) is 12.3. The summed E-state index contributed by atoms with van der Waals surface area (Å²) in [4.78, 5) is -0.404. The van der Waals surface area contributed by atoms with Gasteiger partial charge in [-0.05, 0) is 48.4 Å². The van der Waals surface area contributed by atoms with Crippen LogP contribution in [0.4, 0.5) is 8.78 Å². The summed E-state index contributed by atoms with van der Waals surface area (Å²) in [6.45, 7) is 2.87. The van der Waals surface area contributed by atoms with Gasteiger partial charge in [0.15, 0.2) is 0 Å². The molecule has 0 aliphatic rings. The Morgan fingerprint density at radius 2 is 1.46 bits per heavy atom. The second-order valence-corrected chi connectivity index (χ2v) is 6.98. The number of rotatable bonds is 8. The van der Waals surface area contributed by atoms with Crippen molar-refractivity contribution in [3.63, 3.8) is 0 Å². The first kappa shape index (κ1) is 18.2. The Morgan fingerprint density at radius 3 is 1.96 bits per heavy atom. The fourth-order valence-corrected chi connectivity index (χ4v) is 2.62. The van der Waals surface area contributed by atoms with E-state index in [1.165, 1.54) is 12.1 Å². The SMILES string of the molecule is CCCOc1ccc(OCc2ccc(S(=O)(=O)C(F)F)cc2)cc1. The smallest absolute Gasteiger partial charge is 0.341 e. The number of alkyl halides is 2. The molecule has 2 rings (SSSR count). The first-order chi connectivity index (χ1) is 11.4. The Labute approximate surface area is 139 Å². The fraction of sp³-hybridized carbons (Fsp3) is 0.294. The van der Waals surface area contributed by atoms with Crippen molar-refractivity contribution in [2.24, 2.45) is 0 Å². The van der Waals surface area contributed by atoms with Crippen LogP contribution < -0.4 is 9.47 Å². The van der Waals surface area contributed by atoms with Gasteiger partial charge in [-0.3, -0.25) is 0 Å². The van der Waals surface area contributed by atoms with Gasteiger partial charge in [0.05, 0.1) is 11.5 Å². The third kappa shape index (κ3) is 4.67. The molecule has 0 atom stereocenters. The Kier molecular flexibility index (Phi) is 6.14. The molecule has 2 aromatic rings. The maximum absolute atomic E-state index is 12.5. The number of hydrogen-bond donors (Lipinski definition) is 0. The third-order valence-corrected chi connectivity index (χ3v) is 4.59. The van der Waals surface area contributed by atoms with Gasteiger partial charge >= 0.3 is 5.76 Å². The Morgan fingerprint density at radius 1 is 0.917 bits per heavy atom. The molecule has 0 heterocycles. The summed E-state index contributed by atoms with van der Waals surface area (Å²) < 4.78 is 58.6. The zero-order valence-electron chi connectivity index (χ0n) is 13.1. The topological polar surface area (TPSA) is 52.6 Å². The average molecular weight is 356 g/mol. The van der Waals surface area contributed by atoms with Crippen molar-refractivity contribution in [2.45, 2.75) is 30.6 Å². The van der Waals surface area contributed by atoms with Crippen molar-refractivity contribution in [1.29, 1.82) is 0 Å². The highest BCUT2D eigenvalue weighted by Crippen LogP contribution is 2.21. The van der Waals surface area contributed by atoms with Gasteiger partial charge in [0.25, 0.3) is 0 Å². The van der Waals surface area contributed by atoms with Crippen LogP contribution in [0, 0.1) is 0 Å². The number of benzene rings is 2. The number of halogens is 2. The van der Waals surface area contributed by atoms with E-state index >= 15 is 0 Å². The van der Waals surface area contributed by atoms with Gasteiger partial charge < -0.3 is 9.47 Å². The Bertz CT molecular complexity index is 741. The molecule has 0 saturated carbocycles. The summed E-state index contributed by atoms with van der Waals surface area (Å²) in [5.41, 5.74) is 0.675. The highest BCUT2D eigenvalue weighted by molar-refractivity contribution is 7.91. The molecule has 130 valence electrons. The summed E-state index contributed by atoms with van der Waals surface area (Å²) in [6.07, 6.45) is 0.926. The van der Waals surface area contributed by atoms with Crippen molar-refractivity contribution in [3.05, 3.63) is 54.1 Å². The van der Waals surface area contributed by atoms with E-state index in [-0.39, 0.29) is 6.61 Å². The molecule has 0 spiro atoms. The van der Waals surface area contributed by atoms with Crippen LogP contribution in [0.5, 0.6) is 11.5 Å². The molecule has 4 nitrogen and oxygen atoms in total. The standard InChI is InChI=1S/C17H18F2O4S/c1-2-11-22-14-5-7-15(8-6-14)23-12-13-3-9-16(10-4-13)24(20,21)17(18)19/h3-10,17H,2,11-12H2,1H3. The van der Waals surface area contributed by atoms with Crippen molar-refractivity contribution in [2.75, 3.05) is 6.61 Å². The molecule has 0 bridgehead atoms. The van der Waals surface area contributed by atoms with E-state index in [4.69, 9.17) is 9.47 Å². The van der Waals surface area contributed by atoms with Crippen LogP contribution in [0.2, 0.25) is 0 Å². The predicted molar refractivity (Wildman–Crippen MR) is 86.2 cm³/mol. The normalized spacial score (nSPS) is 11.5. The van der Waals surface area contributed by atoms with Crippen molar-refractivity contribution in [1.82, 2.24) is 0 Å². The predicted octanol–water partition coefficient (Wildman–Crippen LogP) is 4.05. The molecule has 2 aromatic carbocycles. The zero-order valence-corrected chi connectivity index (χ0v) is 13.9. The lowest BCUT2D eigenvalue weighted by atomic mass is 10.2. The quantitative estimate of drug-likeness (QED) is 0.716.